The van der Waals surface area contributed by atoms with E-state index in [0.29, 0.717) is 39.9 Å². The third-order valence-corrected chi connectivity index (χ3v) is 6.39. The van der Waals surface area contributed by atoms with E-state index in [9.17, 15) is 14.7 Å². The van der Waals surface area contributed by atoms with Gasteiger partial charge in [0.2, 0.25) is 5.88 Å². The molecule has 0 spiro atoms. The first-order chi connectivity index (χ1) is 18.4. The molecule has 3 aromatic carbocycles. The highest BCUT2D eigenvalue weighted by Gasteiger charge is 2.17. The van der Waals surface area contributed by atoms with E-state index >= 15 is 0 Å². The van der Waals surface area contributed by atoms with Crippen LogP contribution in [-0.2, 0) is 6.54 Å². The Balaban J connectivity index is 1.49. The molecule has 0 fully saturated rings. The van der Waals surface area contributed by atoms with E-state index in [1.54, 1.807) is 60.7 Å². The zero-order chi connectivity index (χ0) is 26.8. The number of benzene rings is 3. The standard InChI is InChI=1S/C29H27N5O4/c1-4-33-18(3)31-25-16-19(10-15-26(25)33)27(35)32-30-17-24-22-8-6-7-9-23(22)28(36)34(29(24)37)20-11-13-21(14-12-20)38-5-2/h6-17,37H,4-5H2,1-3H3,(H,32,35)/b30-17+. The average Bonchev–Trinajstić information content (AvgIpc) is 3.25. The van der Waals surface area contributed by atoms with Gasteiger partial charge in [0.1, 0.15) is 11.6 Å². The third kappa shape index (κ3) is 4.39. The van der Waals surface area contributed by atoms with Crippen LogP contribution in [0.1, 0.15) is 35.6 Å². The molecule has 5 rings (SSSR count). The highest BCUT2D eigenvalue weighted by molar-refractivity contribution is 6.03. The number of aromatic hydroxyl groups is 1. The van der Waals surface area contributed by atoms with Gasteiger partial charge in [-0.3, -0.25) is 9.59 Å². The van der Waals surface area contributed by atoms with E-state index in [1.165, 1.54) is 10.8 Å². The smallest absolute Gasteiger partial charge is 0.271 e. The van der Waals surface area contributed by atoms with Gasteiger partial charge in [-0.2, -0.15) is 5.10 Å². The molecule has 2 N–H and O–H groups in total. The van der Waals surface area contributed by atoms with Crippen LogP contribution < -0.4 is 15.7 Å². The van der Waals surface area contributed by atoms with Crippen molar-refractivity contribution in [3.63, 3.8) is 0 Å². The van der Waals surface area contributed by atoms with Gasteiger partial charge in [-0.1, -0.05) is 18.2 Å². The minimum Gasteiger partial charge on any atom is -0.494 e. The Hall–Kier alpha value is -4.92. The molecule has 0 aliphatic carbocycles. The molecule has 0 atom stereocenters. The van der Waals surface area contributed by atoms with Gasteiger partial charge < -0.3 is 14.4 Å². The molecule has 1 amide bonds. The predicted molar refractivity (Wildman–Crippen MR) is 148 cm³/mol. The molecular weight excluding hydrogens is 482 g/mol. The number of aromatic nitrogens is 3. The molecule has 5 aromatic rings. The minimum absolute atomic E-state index is 0.294. The summed E-state index contributed by atoms with van der Waals surface area (Å²) in [6, 6.07) is 19.1. The van der Waals surface area contributed by atoms with E-state index in [4.69, 9.17) is 4.74 Å². The van der Waals surface area contributed by atoms with E-state index in [-0.39, 0.29) is 11.4 Å². The Kier molecular flexibility index (Phi) is 6.66. The summed E-state index contributed by atoms with van der Waals surface area (Å²) in [6.07, 6.45) is 1.34. The van der Waals surface area contributed by atoms with Gasteiger partial charge in [-0.05, 0) is 69.3 Å². The minimum atomic E-state index is -0.421. The predicted octanol–water partition coefficient (Wildman–Crippen LogP) is 4.54. The van der Waals surface area contributed by atoms with Crippen molar-refractivity contribution in [2.45, 2.75) is 27.3 Å². The Morgan fingerprint density at radius 2 is 1.82 bits per heavy atom. The Morgan fingerprint density at radius 3 is 2.53 bits per heavy atom. The van der Waals surface area contributed by atoms with Gasteiger partial charge in [0.05, 0.1) is 35.1 Å². The third-order valence-electron chi connectivity index (χ3n) is 6.39. The summed E-state index contributed by atoms with van der Waals surface area (Å²) < 4.78 is 8.76. The molecular formula is C29H27N5O4. The molecule has 0 aliphatic heterocycles. The molecule has 0 unspecified atom stereocenters. The first-order valence-electron chi connectivity index (χ1n) is 12.3. The highest BCUT2D eigenvalue weighted by atomic mass is 16.5. The first-order valence-corrected chi connectivity index (χ1v) is 12.3. The Labute approximate surface area is 218 Å². The molecule has 9 nitrogen and oxygen atoms in total. The molecule has 192 valence electrons. The largest absolute Gasteiger partial charge is 0.494 e. The van der Waals surface area contributed by atoms with Gasteiger partial charge in [0.25, 0.3) is 11.5 Å². The lowest BCUT2D eigenvalue weighted by Gasteiger charge is -2.14. The number of pyridine rings is 1. The summed E-state index contributed by atoms with van der Waals surface area (Å²) >= 11 is 0. The second kappa shape index (κ2) is 10.2. The molecule has 0 radical (unpaired) electrons. The number of nitrogens with zero attached hydrogens (tertiary/aromatic N) is 4. The molecule has 2 aromatic heterocycles. The maximum absolute atomic E-state index is 13.3. The number of nitrogens with one attached hydrogen (secondary N) is 1. The molecule has 0 saturated carbocycles. The van der Waals surface area contributed by atoms with Crippen molar-refractivity contribution in [2.24, 2.45) is 5.10 Å². The van der Waals surface area contributed by atoms with Crippen molar-refractivity contribution in [3.05, 3.63) is 94.0 Å². The second-order valence-corrected chi connectivity index (χ2v) is 8.66. The quantitative estimate of drug-likeness (QED) is 0.247. The normalized spacial score (nSPS) is 11.4. The fraction of sp³-hybridized carbons (Fsp3) is 0.172. The molecule has 0 saturated heterocycles. The monoisotopic (exact) mass is 509 g/mol. The Bertz CT molecular complexity index is 1750. The van der Waals surface area contributed by atoms with Crippen molar-refractivity contribution in [2.75, 3.05) is 6.61 Å². The number of hydrazone groups is 1. The van der Waals surface area contributed by atoms with E-state index in [0.717, 1.165) is 23.4 Å². The number of carbonyl (C=O) groups is 1. The van der Waals surface area contributed by atoms with E-state index < -0.39 is 5.91 Å². The van der Waals surface area contributed by atoms with Gasteiger partial charge in [0, 0.05) is 22.9 Å². The van der Waals surface area contributed by atoms with Gasteiger partial charge in [0.15, 0.2) is 0 Å². The first kappa shape index (κ1) is 24.8. The van der Waals surface area contributed by atoms with Crippen LogP contribution >= 0.6 is 0 Å². The van der Waals surface area contributed by atoms with Crippen LogP contribution in [0, 0.1) is 6.92 Å². The second-order valence-electron chi connectivity index (χ2n) is 8.66. The van der Waals surface area contributed by atoms with Crippen LogP contribution in [0.4, 0.5) is 0 Å². The molecule has 2 heterocycles. The number of ether oxygens (including phenoxy) is 1. The molecule has 0 bridgehead atoms. The van der Waals surface area contributed by atoms with Crippen LogP contribution in [0.3, 0.4) is 0 Å². The van der Waals surface area contributed by atoms with Crippen LogP contribution in [-0.4, -0.2) is 38.0 Å². The lowest BCUT2D eigenvalue weighted by molar-refractivity contribution is 0.0955. The summed E-state index contributed by atoms with van der Waals surface area (Å²) in [4.78, 5) is 30.6. The maximum Gasteiger partial charge on any atom is 0.271 e. The van der Waals surface area contributed by atoms with Crippen LogP contribution in [0.25, 0.3) is 27.5 Å². The van der Waals surface area contributed by atoms with Crippen molar-refractivity contribution >= 4 is 33.9 Å². The number of imidazole rings is 1. The number of rotatable bonds is 7. The number of hydrogen-bond acceptors (Lipinski definition) is 6. The van der Waals surface area contributed by atoms with E-state index in [1.807, 2.05) is 26.8 Å². The molecule has 38 heavy (non-hydrogen) atoms. The van der Waals surface area contributed by atoms with Crippen LogP contribution in [0.2, 0.25) is 0 Å². The summed E-state index contributed by atoms with van der Waals surface area (Å²) in [5.74, 6) is 0.820. The number of carbonyl (C=O) groups excluding carboxylic acids is 1. The summed E-state index contributed by atoms with van der Waals surface area (Å²) in [5, 5.41) is 16.2. The zero-order valence-electron chi connectivity index (χ0n) is 21.3. The lowest BCUT2D eigenvalue weighted by atomic mass is 10.1. The summed E-state index contributed by atoms with van der Waals surface area (Å²) in [5.41, 5.74) is 4.99. The van der Waals surface area contributed by atoms with Crippen molar-refractivity contribution in [3.8, 4) is 17.3 Å². The summed E-state index contributed by atoms with van der Waals surface area (Å²) in [7, 11) is 0. The van der Waals surface area contributed by atoms with Crippen LogP contribution in [0.15, 0.2) is 76.6 Å². The van der Waals surface area contributed by atoms with Crippen molar-refractivity contribution < 1.29 is 14.6 Å². The number of hydrogen-bond donors (Lipinski definition) is 2. The number of fused-ring (bicyclic) bond motifs is 2. The summed E-state index contributed by atoms with van der Waals surface area (Å²) in [6.45, 7) is 7.16. The van der Waals surface area contributed by atoms with Crippen molar-refractivity contribution in [1.82, 2.24) is 19.5 Å². The molecule has 0 aliphatic rings. The van der Waals surface area contributed by atoms with Crippen LogP contribution in [0.5, 0.6) is 11.6 Å². The van der Waals surface area contributed by atoms with Crippen molar-refractivity contribution in [1.29, 1.82) is 0 Å². The maximum atomic E-state index is 13.3. The van der Waals surface area contributed by atoms with Gasteiger partial charge >= 0.3 is 0 Å². The lowest BCUT2D eigenvalue weighted by Crippen LogP contribution is -2.21. The highest BCUT2D eigenvalue weighted by Crippen LogP contribution is 2.27. The van der Waals surface area contributed by atoms with E-state index in [2.05, 4.69) is 20.1 Å². The SMILES string of the molecule is CCOc1ccc(-n2c(O)c(/C=N/NC(=O)c3ccc4c(c3)nc(C)n4CC)c3ccccc3c2=O)cc1. The zero-order valence-corrected chi connectivity index (χ0v) is 21.3. The van der Waals surface area contributed by atoms with Gasteiger partial charge in [-0.25, -0.2) is 15.0 Å². The Morgan fingerprint density at radius 1 is 1.08 bits per heavy atom. The topological polar surface area (TPSA) is 111 Å². The molecule has 9 heteroatoms. The number of aryl methyl sites for hydroxylation is 2. The fourth-order valence-corrected chi connectivity index (χ4v) is 4.60. The number of amides is 1. The average molecular weight is 510 g/mol. The van der Waals surface area contributed by atoms with Gasteiger partial charge in [-0.15, -0.1) is 0 Å². The fourth-order valence-electron chi connectivity index (χ4n) is 4.60.